The number of ether oxygens (including phenoxy) is 1. The van der Waals surface area contributed by atoms with Crippen LogP contribution in [0.15, 0.2) is 55.1 Å². The Balaban J connectivity index is 0.00000306. The van der Waals surface area contributed by atoms with E-state index >= 15 is 0 Å². The Hall–Kier alpha value is -2.94. The van der Waals surface area contributed by atoms with Crippen LogP contribution in [0.1, 0.15) is 32.7 Å². The summed E-state index contributed by atoms with van der Waals surface area (Å²) >= 11 is 7.65. The van der Waals surface area contributed by atoms with Crippen molar-refractivity contribution in [1.29, 1.82) is 0 Å². The molecule has 7 nitrogen and oxygen atoms in total. The molecule has 0 saturated heterocycles. The third-order valence-electron chi connectivity index (χ3n) is 5.03. The zero-order valence-corrected chi connectivity index (χ0v) is 20.4. The molecular formula is C23H22Cl2N4O3S. The first-order valence-corrected chi connectivity index (χ1v) is 11.2. The largest absolute Gasteiger partial charge is 0.465 e. The maximum Gasteiger partial charge on any atom is 0.337 e. The summed E-state index contributed by atoms with van der Waals surface area (Å²) in [7, 11) is 1.32. The van der Waals surface area contributed by atoms with Gasteiger partial charge in [-0.05, 0) is 55.3 Å². The minimum Gasteiger partial charge on any atom is -0.465 e. The number of benzene rings is 2. The second-order valence-corrected chi connectivity index (χ2v) is 8.69. The van der Waals surface area contributed by atoms with Crippen LogP contribution in [0.25, 0.3) is 10.2 Å². The molecule has 0 atom stereocenters. The quantitative estimate of drug-likeness (QED) is 0.315. The van der Waals surface area contributed by atoms with Crippen molar-refractivity contribution in [2.45, 2.75) is 19.9 Å². The standard InChI is InChI=1S/C23H21ClN4O3S.ClH/c1-15-12-18(24)13-19-20(15)26-23(32-19)28(10-3-9-27-11-8-25-14-27)21(29)16-4-6-17(7-5-16)22(30)31-2;/h4-8,11-14H,3,9-10H2,1-2H3;1H. The first-order valence-electron chi connectivity index (χ1n) is 9.99. The van der Waals surface area contributed by atoms with E-state index in [1.165, 1.54) is 18.4 Å². The Bertz CT molecular complexity index is 1260. The molecule has 0 N–H and O–H groups in total. The van der Waals surface area contributed by atoms with Crippen LogP contribution in [0.4, 0.5) is 5.13 Å². The molecule has 2 aromatic carbocycles. The smallest absolute Gasteiger partial charge is 0.337 e. The van der Waals surface area contributed by atoms with Crippen molar-refractivity contribution in [2.75, 3.05) is 18.6 Å². The van der Waals surface area contributed by atoms with Gasteiger partial charge in [-0.25, -0.2) is 14.8 Å². The number of imidazole rings is 1. The molecule has 0 fully saturated rings. The van der Waals surface area contributed by atoms with E-state index in [0.717, 1.165) is 28.7 Å². The molecule has 0 radical (unpaired) electrons. The minimum absolute atomic E-state index is 0. The van der Waals surface area contributed by atoms with Gasteiger partial charge < -0.3 is 9.30 Å². The summed E-state index contributed by atoms with van der Waals surface area (Å²) in [4.78, 5) is 35.7. The predicted octanol–water partition coefficient (Wildman–Crippen LogP) is 5.40. The van der Waals surface area contributed by atoms with E-state index in [4.69, 9.17) is 21.3 Å². The van der Waals surface area contributed by atoms with Gasteiger partial charge in [0.15, 0.2) is 5.13 Å². The molecule has 0 saturated carbocycles. The number of methoxy groups -OCH3 is 1. The molecule has 0 aliphatic heterocycles. The molecule has 0 unspecified atom stereocenters. The van der Waals surface area contributed by atoms with E-state index in [1.807, 2.05) is 29.8 Å². The van der Waals surface area contributed by atoms with Crippen LogP contribution in [0.3, 0.4) is 0 Å². The molecule has 10 heteroatoms. The summed E-state index contributed by atoms with van der Waals surface area (Å²) in [5, 5.41) is 1.25. The average molecular weight is 505 g/mol. The molecule has 2 heterocycles. The van der Waals surface area contributed by atoms with Gasteiger partial charge in [-0.1, -0.05) is 22.9 Å². The number of aryl methyl sites for hydroxylation is 2. The van der Waals surface area contributed by atoms with Crippen LogP contribution < -0.4 is 4.90 Å². The molecule has 0 bridgehead atoms. The van der Waals surface area contributed by atoms with E-state index < -0.39 is 5.97 Å². The van der Waals surface area contributed by atoms with Crippen molar-refractivity contribution < 1.29 is 14.3 Å². The Morgan fingerprint density at radius 1 is 1.18 bits per heavy atom. The van der Waals surface area contributed by atoms with E-state index in [9.17, 15) is 9.59 Å². The molecule has 4 rings (SSSR count). The molecule has 0 aliphatic rings. The second kappa shape index (κ2) is 10.8. The molecule has 0 spiro atoms. The van der Waals surface area contributed by atoms with Crippen LogP contribution in [-0.4, -0.2) is 40.1 Å². The van der Waals surface area contributed by atoms with Crippen molar-refractivity contribution >= 4 is 62.6 Å². The number of hydrogen-bond donors (Lipinski definition) is 0. The number of anilines is 1. The highest BCUT2D eigenvalue weighted by Gasteiger charge is 2.22. The van der Waals surface area contributed by atoms with Crippen molar-refractivity contribution in [3.8, 4) is 0 Å². The van der Waals surface area contributed by atoms with Gasteiger partial charge in [0.05, 0.1) is 29.2 Å². The lowest BCUT2D eigenvalue weighted by Crippen LogP contribution is -2.32. The number of fused-ring (bicyclic) bond motifs is 1. The zero-order chi connectivity index (χ0) is 22.7. The van der Waals surface area contributed by atoms with E-state index in [2.05, 4.69) is 4.98 Å². The Morgan fingerprint density at radius 2 is 1.91 bits per heavy atom. The van der Waals surface area contributed by atoms with Gasteiger partial charge in [0, 0.05) is 36.1 Å². The third-order valence-corrected chi connectivity index (χ3v) is 6.27. The summed E-state index contributed by atoms with van der Waals surface area (Å²) in [6, 6.07) is 10.2. The highest BCUT2D eigenvalue weighted by atomic mass is 35.5. The van der Waals surface area contributed by atoms with E-state index in [1.54, 1.807) is 41.7 Å². The van der Waals surface area contributed by atoms with Crippen molar-refractivity contribution in [3.05, 3.63) is 76.8 Å². The Kier molecular flexibility index (Phi) is 8.07. The second-order valence-electron chi connectivity index (χ2n) is 7.25. The Labute approximate surface area is 206 Å². The Morgan fingerprint density at radius 3 is 2.58 bits per heavy atom. The number of rotatable bonds is 7. The van der Waals surface area contributed by atoms with Gasteiger partial charge >= 0.3 is 5.97 Å². The fourth-order valence-electron chi connectivity index (χ4n) is 3.40. The van der Waals surface area contributed by atoms with Crippen LogP contribution in [0, 0.1) is 6.92 Å². The monoisotopic (exact) mass is 504 g/mol. The highest BCUT2D eigenvalue weighted by molar-refractivity contribution is 7.22. The number of carbonyl (C=O) groups excluding carboxylic acids is 2. The summed E-state index contributed by atoms with van der Waals surface area (Å²) in [6.45, 7) is 3.15. The third kappa shape index (κ3) is 5.52. The zero-order valence-electron chi connectivity index (χ0n) is 18.0. The van der Waals surface area contributed by atoms with Crippen LogP contribution in [0.5, 0.6) is 0 Å². The molecular weight excluding hydrogens is 483 g/mol. The number of esters is 1. The number of aromatic nitrogens is 3. The molecule has 33 heavy (non-hydrogen) atoms. The lowest BCUT2D eigenvalue weighted by molar-refractivity contribution is 0.0600. The number of hydrogen-bond acceptors (Lipinski definition) is 6. The first kappa shape index (κ1) is 24.7. The van der Waals surface area contributed by atoms with Gasteiger partial charge in [0.2, 0.25) is 0 Å². The van der Waals surface area contributed by atoms with Crippen LogP contribution >= 0.6 is 35.3 Å². The number of halogens is 2. The predicted molar refractivity (Wildman–Crippen MR) is 133 cm³/mol. The molecule has 4 aromatic rings. The molecule has 0 aliphatic carbocycles. The number of nitrogens with zero attached hydrogens (tertiary/aromatic N) is 4. The van der Waals surface area contributed by atoms with E-state index in [-0.39, 0.29) is 18.3 Å². The summed E-state index contributed by atoms with van der Waals surface area (Å²) in [6.07, 6.45) is 6.09. The van der Waals surface area contributed by atoms with Crippen molar-refractivity contribution in [2.24, 2.45) is 0 Å². The lowest BCUT2D eigenvalue weighted by Gasteiger charge is -2.20. The van der Waals surface area contributed by atoms with Crippen LogP contribution in [-0.2, 0) is 11.3 Å². The van der Waals surface area contributed by atoms with Gasteiger partial charge in [-0.3, -0.25) is 9.69 Å². The summed E-state index contributed by atoms with van der Waals surface area (Å²) in [5.41, 5.74) is 2.65. The van der Waals surface area contributed by atoms with Gasteiger partial charge in [0.1, 0.15) is 0 Å². The normalized spacial score (nSPS) is 10.6. The van der Waals surface area contributed by atoms with E-state index in [0.29, 0.717) is 27.8 Å². The number of amides is 1. The summed E-state index contributed by atoms with van der Waals surface area (Å²) in [5.74, 6) is -0.630. The first-order chi connectivity index (χ1) is 15.5. The summed E-state index contributed by atoms with van der Waals surface area (Å²) < 4.78 is 7.63. The minimum atomic E-state index is -0.445. The lowest BCUT2D eigenvalue weighted by atomic mass is 10.1. The SMILES string of the molecule is COC(=O)c1ccc(C(=O)N(CCCn2ccnc2)c2nc3c(C)cc(Cl)cc3s2)cc1.Cl. The molecule has 172 valence electrons. The highest BCUT2D eigenvalue weighted by Crippen LogP contribution is 2.33. The van der Waals surface area contributed by atoms with Gasteiger partial charge in [-0.2, -0.15) is 0 Å². The average Bonchev–Trinajstić information content (AvgIpc) is 3.46. The van der Waals surface area contributed by atoms with Gasteiger partial charge in [-0.15, -0.1) is 12.4 Å². The fraction of sp³-hybridized carbons (Fsp3) is 0.217. The fourth-order valence-corrected chi connectivity index (χ4v) is 4.84. The molecule has 1 amide bonds. The number of carbonyl (C=O) groups is 2. The topological polar surface area (TPSA) is 77.3 Å². The van der Waals surface area contributed by atoms with Gasteiger partial charge in [0.25, 0.3) is 5.91 Å². The van der Waals surface area contributed by atoms with Crippen molar-refractivity contribution in [1.82, 2.24) is 14.5 Å². The number of thiazole rings is 1. The van der Waals surface area contributed by atoms with Crippen molar-refractivity contribution in [3.63, 3.8) is 0 Å². The molecule has 2 aromatic heterocycles. The maximum atomic E-state index is 13.4. The van der Waals surface area contributed by atoms with Crippen LogP contribution in [0.2, 0.25) is 5.02 Å². The maximum absolute atomic E-state index is 13.4.